The normalized spacial score (nSPS) is 14.1. The van der Waals surface area contributed by atoms with E-state index < -0.39 is 0 Å². The van der Waals surface area contributed by atoms with Gasteiger partial charge in [-0.15, -0.1) is 5.10 Å². The molecule has 10 nitrogen and oxygen atoms in total. The van der Waals surface area contributed by atoms with Gasteiger partial charge in [-0.05, 0) is 53.7 Å². The molecule has 1 aliphatic heterocycles. The number of hydrogen-bond acceptors (Lipinski definition) is 7. The fraction of sp³-hybridized carbons (Fsp3) is 0.318. The molecule has 4 rings (SSSR count). The van der Waals surface area contributed by atoms with Crippen molar-refractivity contribution < 1.29 is 9.53 Å². The van der Waals surface area contributed by atoms with E-state index in [4.69, 9.17) is 4.74 Å². The van der Waals surface area contributed by atoms with Crippen molar-refractivity contribution in [1.82, 2.24) is 30.0 Å². The van der Waals surface area contributed by atoms with Gasteiger partial charge in [0.15, 0.2) is 5.82 Å². The Hall–Kier alpha value is -3.97. The van der Waals surface area contributed by atoms with Gasteiger partial charge in [0, 0.05) is 26.2 Å². The number of piperazine rings is 1. The lowest BCUT2D eigenvalue weighted by molar-refractivity contribution is 0.140. The smallest absolute Gasteiger partial charge is 0.321 e. The summed E-state index contributed by atoms with van der Waals surface area (Å²) in [4.78, 5) is 16.6. The number of carbonyl (C=O) groups is 1. The second-order valence-electron chi connectivity index (χ2n) is 7.28. The van der Waals surface area contributed by atoms with Crippen molar-refractivity contribution in [3.8, 4) is 17.5 Å². The minimum absolute atomic E-state index is 0.202. The van der Waals surface area contributed by atoms with Crippen molar-refractivity contribution >= 4 is 11.7 Å². The van der Waals surface area contributed by atoms with Crippen LogP contribution in [0.15, 0.2) is 48.5 Å². The Kier molecular flexibility index (Phi) is 6.57. The Morgan fingerprint density at radius 1 is 1.12 bits per heavy atom. The summed E-state index contributed by atoms with van der Waals surface area (Å²) in [5, 5.41) is 24.2. The molecule has 0 unspecified atom stereocenters. The molecule has 0 atom stereocenters. The molecule has 10 heteroatoms. The van der Waals surface area contributed by atoms with Crippen LogP contribution in [0.1, 0.15) is 18.3 Å². The minimum atomic E-state index is -0.202. The first kappa shape index (κ1) is 21.3. The lowest BCUT2D eigenvalue weighted by atomic mass is 10.2. The third kappa shape index (κ3) is 4.84. The average molecular weight is 432 g/mol. The molecule has 164 valence electrons. The number of amides is 2. The first-order valence-corrected chi connectivity index (χ1v) is 10.5. The highest BCUT2D eigenvalue weighted by Crippen LogP contribution is 2.17. The van der Waals surface area contributed by atoms with Gasteiger partial charge in [0.05, 0.1) is 30.1 Å². The maximum absolute atomic E-state index is 12.6. The maximum Gasteiger partial charge on any atom is 0.321 e. The lowest BCUT2D eigenvalue weighted by Gasteiger charge is -2.34. The standard InChI is InChI=1S/C22H24N8O2/c1-2-32-19-9-7-18(8-10-19)30-21(25-26-27-30)16-28-11-13-29(14-12-28)22(31)24-20-6-4-3-5-17(20)15-23/h3-10H,2,11-14,16H2,1H3,(H,24,31). The van der Waals surface area contributed by atoms with E-state index in [9.17, 15) is 10.1 Å². The molecule has 0 bridgehead atoms. The number of urea groups is 1. The summed E-state index contributed by atoms with van der Waals surface area (Å²) in [5.74, 6) is 1.53. The minimum Gasteiger partial charge on any atom is -0.494 e. The molecule has 1 aliphatic rings. The van der Waals surface area contributed by atoms with Crippen LogP contribution in [-0.2, 0) is 6.54 Å². The zero-order valence-electron chi connectivity index (χ0n) is 17.8. The van der Waals surface area contributed by atoms with Crippen LogP contribution < -0.4 is 10.1 Å². The molecule has 3 aromatic rings. The van der Waals surface area contributed by atoms with Crippen LogP contribution in [0, 0.1) is 11.3 Å². The molecule has 0 aliphatic carbocycles. The molecule has 0 spiro atoms. The van der Waals surface area contributed by atoms with Gasteiger partial charge in [0.2, 0.25) is 0 Å². The van der Waals surface area contributed by atoms with Gasteiger partial charge in [-0.25, -0.2) is 4.79 Å². The first-order chi connectivity index (χ1) is 15.7. The van der Waals surface area contributed by atoms with Crippen LogP contribution in [0.5, 0.6) is 5.75 Å². The number of benzene rings is 2. The lowest BCUT2D eigenvalue weighted by Crippen LogP contribution is -2.49. The maximum atomic E-state index is 12.6. The molecular weight excluding hydrogens is 408 g/mol. The third-order valence-electron chi connectivity index (χ3n) is 5.24. The van der Waals surface area contributed by atoms with Crippen molar-refractivity contribution in [2.24, 2.45) is 0 Å². The fourth-order valence-corrected chi connectivity index (χ4v) is 3.55. The number of aromatic nitrogens is 4. The second-order valence-corrected chi connectivity index (χ2v) is 7.28. The Balaban J connectivity index is 1.33. The summed E-state index contributed by atoms with van der Waals surface area (Å²) in [6, 6.07) is 16.5. The summed E-state index contributed by atoms with van der Waals surface area (Å²) >= 11 is 0. The number of rotatable bonds is 6. The fourth-order valence-electron chi connectivity index (χ4n) is 3.55. The zero-order valence-corrected chi connectivity index (χ0v) is 17.8. The average Bonchev–Trinajstić information content (AvgIpc) is 3.28. The van der Waals surface area contributed by atoms with E-state index in [0.29, 0.717) is 50.6 Å². The number of ether oxygens (including phenoxy) is 1. The number of nitriles is 1. The third-order valence-corrected chi connectivity index (χ3v) is 5.24. The van der Waals surface area contributed by atoms with E-state index in [0.717, 1.165) is 17.3 Å². The molecule has 0 saturated carbocycles. The Bertz CT molecular complexity index is 1100. The van der Waals surface area contributed by atoms with Crippen molar-refractivity contribution in [3.05, 3.63) is 59.9 Å². The second kappa shape index (κ2) is 9.89. The van der Waals surface area contributed by atoms with Gasteiger partial charge in [-0.3, -0.25) is 4.90 Å². The van der Waals surface area contributed by atoms with Crippen molar-refractivity contribution in [3.63, 3.8) is 0 Å². The van der Waals surface area contributed by atoms with E-state index >= 15 is 0 Å². The van der Waals surface area contributed by atoms with Crippen LogP contribution in [0.3, 0.4) is 0 Å². The molecule has 2 aromatic carbocycles. The number of hydrogen-bond donors (Lipinski definition) is 1. The van der Waals surface area contributed by atoms with Crippen LogP contribution in [0.25, 0.3) is 5.69 Å². The van der Waals surface area contributed by atoms with Gasteiger partial charge >= 0.3 is 6.03 Å². The van der Waals surface area contributed by atoms with Crippen molar-refractivity contribution in [2.75, 3.05) is 38.1 Å². The SMILES string of the molecule is CCOc1ccc(-n2nnnc2CN2CCN(C(=O)Nc3ccccc3C#N)CC2)cc1. The summed E-state index contributed by atoms with van der Waals surface area (Å²) in [7, 11) is 0. The van der Waals surface area contributed by atoms with Crippen molar-refractivity contribution in [2.45, 2.75) is 13.5 Å². The van der Waals surface area contributed by atoms with Gasteiger partial charge in [-0.2, -0.15) is 9.94 Å². The number of nitrogens with zero attached hydrogens (tertiary/aromatic N) is 7. The topological polar surface area (TPSA) is 112 Å². The van der Waals surface area contributed by atoms with E-state index in [1.807, 2.05) is 31.2 Å². The first-order valence-electron chi connectivity index (χ1n) is 10.5. The molecule has 2 heterocycles. The summed E-state index contributed by atoms with van der Waals surface area (Å²) in [6.45, 7) is 5.68. The predicted octanol–water partition coefficient (Wildman–Crippen LogP) is 2.28. The molecule has 32 heavy (non-hydrogen) atoms. The quantitative estimate of drug-likeness (QED) is 0.636. The number of nitrogens with one attached hydrogen (secondary N) is 1. The van der Waals surface area contributed by atoms with Gasteiger partial charge < -0.3 is 15.0 Å². The predicted molar refractivity (Wildman–Crippen MR) is 117 cm³/mol. The number of para-hydroxylation sites is 1. The van der Waals surface area contributed by atoms with E-state index in [1.54, 1.807) is 33.8 Å². The summed E-state index contributed by atoms with van der Waals surface area (Å²) in [6.07, 6.45) is 0. The molecule has 1 aromatic heterocycles. The van der Waals surface area contributed by atoms with Crippen LogP contribution >= 0.6 is 0 Å². The number of anilines is 1. The van der Waals surface area contributed by atoms with Crippen LogP contribution in [0.4, 0.5) is 10.5 Å². The van der Waals surface area contributed by atoms with E-state index in [1.165, 1.54) is 0 Å². The molecule has 1 saturated heterocycles. The molecular formula is C22H24N8O2. The van der Waals surface area contributed by atoms with Crippen LogP contribution in [-0.4, -0.2) is 68.8 Å². The molecule has 1 N–H and O–H groups in total. The molecule has 2 amide bonds. The highest BCUT2D eigenvalue weighted by atomic mass is 16.5. The number of carbonyl (C=O) groups excluding carboxylic acids is 1. The summed E-state index contributed by atoms with van der Waals surface area (Å²) < 4.78 is 7.20. The summed E-state index contributed by atoms with van der Waals surface area (Å²) in [5.41, 5.74) is 1.83. The highest BCUT2D eigenvalue weighted by molar-refractivity contribution is 5.90. The molecule has 1 fully saturated rings. The molecule has 0 radical (unpaired) electrons. The van der Waals surface area contributed by atoms with Crippen molar-refractivity contribution in [1.29, 1.82) is 5.26 Å². The zero-order chi connectivity index (χ0) is 22.3. The number of tetrazole rings is 1. The van der Waals surface area contributed by atoms with Gasteiger partial charge in [0.25, 0.3) is 0 Å². The van der Waals surface area contributed by atoms with E-state index in [2.05, 4.69) is 31.8 Å². The Labute approximate surface area is 186 Å². The Morgan fingerprint density at radius 2 is 1.88 bits per heavy atom. The van der Waals surface area contributed by atoms with Gasteiger partial charge in [-0.1, -0.05) is 12.1 Å². The van der Waals surface area contributed by atoms with E-state index in [-0.39, 0.29) is 6.03 Å². The van der Waals surface area contributed by atoms with Gasteiger partial charge in [0.1, 0.15) is 11.8 Å². The highest BCUT2D eigenvalue weighted by Gasteiger charge is 2.23. The Morgan fingerprint density at radius 3 is 2.59 bits per heavy atom. The van der Waals surface area contributed by atoms with Crippen LogP contribution in [0.2, 0.25) is 0 Å². The largest absolute Gasteiger partial charge is 0.494 e. The monoisotopic (exact) mass is 432 g/mol.